The van der Waals surface area contributed by atoms with Gasteiger partial charge in [0.2, 0.25) is 0 Å². The van der Waals surface area contributed by atoms with Crippen molar-refractivity contribution in [2.24, 2.45) is 0 Å². The zero-order valence-electron chi connectivity index (χ0n) is 7.22. The normalized spacial score (nSPS) is 10.0. The molecule has 1 aromatic rings. The van der Waals surface area contributed by atoms with E-state index >= 15 is 0 Å². The van der Waals surface area contributed by atoms with Crippen LogP contribution < -0.4 is 4.74 Å². The van der Waals surface area contributed by atoms with E-state index in [4.69, 9.17) is 5.26 Å². The molecular weight excluding hydrogens is 195 g/mol. The summed E-state index contributed by atoms with van der Waals surface area (Å²) in [6.07, 6.45) is 0. The molecule has 0 bridgehead atoms. The average molecular weight is 201 g/mol. The van der Waals surface area contributed by atoms with Crippen molar-refractivity contribution >= 4 is 0 Å². The van der Waals surface area contributed by atoms with Gasteiger partial charge >= 0.3 is 6.61 Å². The van der Waals surface area contributed by atoms with Crippen LogP contribution in [-0.4, -0.2) is 6.61 Å². The number of ether oxygens (including phenoxy) is 1. The number of aryl methyl sites for hydroxylation is 1. The monoisotopic (exact) mass is 201 g/mol. The summed E-state index contributed by atoms with van der Waals surface area (Å²) in [5.74, 6) is -1.66. The molecule has 0 unspecified atom stereocenters. The fraction of sp³-hybridized carbons (Fsp3) is 0.222. The molecule has 2 nitrogen and oxygen atoms in total. The number of rotatable bonds is 2. The molecule has 0 radical (unpaired) electrons. The van der Waals surface area contributed by atoms with Gasteiger partial charge in [-0.05, 0) is 24.6 Å². The van der Waals surface area contributed by atoms with Crippen LogP contribution in [0.1, 0.15) is 11.1 Å². The van der Waals surface area contributed by atoms with Crippen LogP contribution in [0.15, 0.2) is 12.1 Å². The lowest BCUT2D eigenvalue weighted by atomic mass is 10.1. The molecule has 1 rings (SSSR count). The van der Waals surface area contributed by atoms with E-state index in [1.165, 1.54) is 6.07 Å². The minimum atomic E-state index is -3.10. The van der Waals surface area contributed by atoms with Crippen LogP contribution in [0.4, 0.5) is 13.2 Å². The summed E-state index contributed by atoms with van der Waals surface area (Å²) >= 11 is 0. The first-order chi connectivity index (χ1) is 6.54. The molecule has 0 heterocycles. The van der Waals surface area contributed by atoms with Gasteiger partial charge in [0.1, 0.15) is 6.07 Å². The number of halogens is 3. The Bertz CT molecular complexity index is 384. The van der Waals surface area contributed by atoms with Gasteiger partial charge in [0.15, 0.2) is 11.6 Å². The highest BCUT2D eigenvalue weighted by Gasteiger charge is 2.14. The molecule has 0 amide bonds. The van der Waals surface area contributed by atoms with E-state index in [9.17, 15) is 13.2 Å². The van der Waals surface area contributed by atoms with Crippen molar-refractivity contribution in [2.45, 2.75) is 13.5 Å². The predicted molar refractivity (Wildman–Crippen MR) is 42.5 cm³/mol. The Morgan fingerprint density at radius 1 is 1.43 bits per heavy atom. The van der Waals surface area contributed by atoms with E-state index in [0.29, 0.717) is 5.56 Å². The maximum absolute atomic E-state index is 13.1. The molecule has 0 saturated carbocycles. The van der Waals surface area contributed by atoms with Crippen LogP contribution in [0.5, 0.6) is 5.75 Å². The molecule has 0 N–H and O–H groups in total. The molecule has 0 aromatic heterocycles. The summed E-state index contributed by atoms with van der Waals surface area (Å²) < 4.78 is 40.6. The second kappa shape index (κ2) is 4.01. The molecule has 5 heteroatoms. The second-order valence-electron chi connectivity index (χ2n) is 2.61. The number of hydrogen-bond acceptors (Lipinski definition) is 2. The van der Waals surface area contributed by atoms with Crippen molar-refractivity contribution < 1.29 is 17.9 Å². The van der Waals surface area contributed by atoms with Crippen LogP contribution >= 0.6 is 0 Å². The second-order valence-corrected chi connectivity index (χ2v) is 2.61. The minimum Gasteiger partial charge on any atom is -0.432 e. The van der Waals surface area contributed by atoms with Crippen LogP contribution in [0, 0.1) is 24.1 Å². The third kappa shape index (κ3) is 2.16. The smallest absolute Gasteiger partial charge is 0.387 e. The summed E-state index contributed by atoms with van der Waals surface area (Å²) in [6.45, 7) is -1.55. The van der Waals surface area contributed by atoms with Crippen molar-refractivity contribution in [3.63, 3.8) is 0 Å². The SMILES string of the molecule is Cc1cc(C#N)c(F)c(OC(F)F)c1. The van der Waals surface area contributed by atoms with Crippen molar-refractivity contribution in [2.75, 3.05) is 0 Å². The molecule has 74 valence electrons. The summed E-state index contributed by atoms with van der Waals surface area (Å²) in [5.41, 5.74) is 0.180. The van der Waals surface area contributed by atoms with E-state index in [1.807, 2.05) is 0 Å². The molecular formula is C9H6F3NO. The van der Waals surface area contributed by atoms with Gasteiger partial charge in [-0.1, -0.05) is 0 Å². The Morgan fingerprint density at radius 2 is 2.07 bits per heavy atom. The molecule has 0 saturated heterocycles. The van der Waals surface area contributed by atoms with E-state index in [2.05, 4.69) is 4.74 Å². The lowest BCUT2D eigenvalue weighted by Crippen LogP contribution is -2.05. The van der Waals surface area contributed by atoms with Gasteiger partial charge in [0.25, 0.3) is 0 Å². The Morgan fingerprint density at radius 3 is 2.57 bits per heavy atom. The Kier molecular flexibility index (Phi) is 2.97. The number of nitriles is 1. The molecule has 0 aliphatic heterocycles. The van der Waals surface area contributed by atoms with E-state index in [0.717, 1.165) is 6.07 Å². The summed E-state index contributed by atoms with van der Waals surface area (Å²) in [6, 6.07) is 3.92. The van der Waals surface area contributed by atoms with Crippen molar-refractivity contribution in [3.05, 3.63) is 29.1 Å². The van der Waals surface area contributed by atoms with E-state index in [1.54, 1.807) is 13.0 Å². The summed E-state index contributed by atoms with van der Waals surface area (Å²) in [7, 11) is 0. The quantitative estimate of drug-likeness (QED) is 0.736. The molecule has 0 aliphatic carbocycles. The van der Waals surface area contributed by atoms with Crippen LogP contribution in [0.3, 0.4) is 0 Å². The molecule has 1 aromatic carbocycles. The molecule has 0 atom stereocenters. The van der Waals surface area contributed by atoms with Gasteiger partial charge in [-0.3, -0.25) is 0 Å². The summed E-state index contributed by atoms with van der Waals surface area (Å²) in [4.78, 5) is 0. The lowest BCUT2D eigenvalue weighted by Gasteiger charge is -2.07. The predicted octanol–water partition coefficient (Wildman–Crippen LogP) is 2.61. The number of alkyl halides is 2. The van der Waals surface area contributed by atoms with Crippen LogP contribution in [0.25, 0.3) is 0 Å². The Hall–Kier alpha value is -1.70. The third-order valence-electron chi connectivity index (χ3n) is 1.52. The molecule has 0 spiro atoms. The number of hydrogen-bond donors (Lipinski definition) is 0. The highest BCUT2D eigenvalue weighted by Crippen LogP contribution is 2.23. The van der Waals surface area contributed by atoms with Gasteiger partial charge in [0.05, 0.1) is 5.56 Å². The first-order valence-electron chi connectivity index (χ1n) is 3.69. The molecule has 0 aliphatic rings. The Balaban J connectivity index is 3.17. The van der Waals surface area contributed by atoms with Gasteiger partial charge in [-0.15, -0.1) is 0 Å². The minimum absolute atomic E-state index is 0.305. The van der Waals surface area contributed by atoms with E-state index in [-0.39, 0.29) is 5.56 Å². The standard InChI is InChI=1S/C9H6F3NO/c1-5-2-6(4-13)8(10)7(3-5)14-9(11)12/h2-3,9H,1H3. The van der Waals surface area contributed by atoms with Crippen molar-refractivity contribution in [1.29, 1.82) is 5.26 Å². The van der Waals surface area contributed by atoms with Crippen LogP contribution in [-0.2, 0) is 0 Å². The van der Waals surface area contributed by atoms with Gasteiger partial charge in [-0.25, -0.2) is 4.39 Å². The largest absolute Gasteiger partial charge is 0.432 e. The van der Waals surface area contributed by atoms with Gasteiger partial charge in [0, 0.05) is 0 Å². The maximum atomic E-state index is 13.1. The van der Waals surface area contributed by atoms with Crippen molar-refractivity contribution in [1.82, 2.24) is 0 Å². The fourth-order valence-electron chi connectivity index (χ4n) is 0.999. The highest BCUT2D eigenvalue weighted by molar-refractivity contribution is 5.42. The topological polar surface area (TPSA) is 33.0 Å². The van der Waals surface area contributed by atoms with E-state index < -0.39 is 18.2 Å². The first-order valence-corrected chi connectivity index (χ1v) is 3.69. The third-order valence-corrected chi connectivity index (χ3v) is 1.52. The summed E-state index contributed by atoms with van der Waals surface area (Å²) in [5, 5.41) is 8.47. The van der Waals surface area contributed by atoms with Gasteiger partial charge in [-0.2, -0.15) is 14.0 Å². The molecule has 14 heavy (non-hydrogen) atoms. The Labute approximate surface area is 78.5 Å². The first kappa shape index (κ1) is 10.4. The zero-order chi connectivity index (χ0) is 10.7. The van der Waals surface area contributed by atoms with Gasteiger partial charge < -0.3 is 4.74 Å². The molecule has 0 fully saturated rings. The number of nitrogens with zero attached hydrogens (tertiary/aromatic N) is 1. The number of benzene rings is 1. The average Bonchev–Trinajstić information content (AvgIpc) is 2.09. The van der Waals surface area contributed by atoms with Crippen LogP contribution in [0.2, 0.25) is 0 Å². The zero-order valence-corrected chi connectivity index (χ0v) is 7.22. The lowest BCUT2D eigenvalue weighted by molar-refractivity contribution is -0.0522. The van der Waals surface area contributed by atoms with Crippen molar-refractivity contribution in [3.8, 4) is 11.8 Å². The fourth-order valence-corrected chi connectivity index (χ4v) is 0.999. The maximum Gasteiger partial charge on any atom is 0.387 e. The highest BCUT2D eigenvalue weighted by atomic mass is 19.3.